The van der Waals surface area contributed by atoms with Crippen LogP contribution in [0.2, 0.25) is 0 Å². The summed E-state index contributed by atoms with van der Waals surface area (Å²) in [7, 11) is 0. The van der Waals surface area contributed by atoms with E-state index in [4.69, 9.17) is 0 Å². The Hall–Kier alpha value is -3.26. The first kappa shape index (κ1) is 22.0. The van der Waals surface area contributed by atoms with Crippen LogP contribution < -0.4 is 16.0 Å². The van der Waals surface area contributed by atoms with Gasteiger partial charge in [-0.15, -0.1) is 0 Å². The Morgan fingerprint density at radius 1 is 0.897 bits per heavy atom. The van der Waals surface area contributed by atoms with Crippen molar-refractivity contribution in [2.75, 3.05) is 29.0 Å². The highest BCUT2D eigenvalue weighted by atomic mass is 19.1. The summed E-state index contributed by atoms with van der Waals surface area (Å²) < 4.78 is 13.0. The van der Waals surface area contributed by atoms with Gasteiger partial charge in [-0.3, -0.25) is 19.3 Å². The molecule has 2 aromatic carbocycles. The van der Waals surface area contributed by atoms with Gasteiger partial charge in [0.1, 0.15) is 5.82 Å². The van der Waals surface area contributed by atoms with Gasteiger partial charge in [0.2, 0.25) is 17.7 Å². The molecule has 1 atom stereocenters. The number of anilines is 3. The van der Waals surface area contributed by atoms with E-state index in [9.17, 15) is 18.8 Å². The molecule has 0 saturated heterocycles. The zero-order valence-electron chi connectivity index (χ0n) is 16.7. The topological polar surface area (TPSA) is 90.5 Å². The second-order valence-electron chi connectivity index (χ2n) is 6.54. The van der Waals surface area contributed by atoms with E-state index >= 15 is 0 Å². The van der Waals surface area contributed by atoms with Gasteiger partial charge in [0, 0.05) is 24.0 Å². The van der Waals surface area contributed by atoms with E-state index in [1.165, 1.54) is 31.2 Å². The van der Waals surface area contributed by atoms with Crippen molar-refractivity contribution < 1.29 is 18.8 Å². The minimum Gasteiger partial charge on any atom is -0.326 e. The average molecular weight is 400 g/mol. The van der Waals surface area contributed by atoms with Gasteiger partial charge in [0.05, 0.1) is 12.6 Å². The van der Waals surface area contributed by atoms with Crippen LogP contribution in [0.1, 0.15) is 20.8 Å². The fourth-order valence-corrected chi connectivity index (χ4v) is 2.69. The molecule has 0 fully saturated rings. The zero-order chi connectivity index (χ0) is 21.4. The zero-order valence-corrected chi connectivity index (χ0v) is 16.7. The smallest absolute Gasteiger partial charge is 0.241 e. The number of likely N-dealkylation sites (N-methyl/N-ethyl adjacent to an activating group) is 1. The molecule has 0 aromatic heterocycles. The van der Waals surface area contributed by atoms with Crippen molar-refractivity contribution in [1.82, 2.24) is 4.90 Å². The Morgan fingerprint density at radius 3 is 1.90 bits per heavy atom. The molecule has 2 aromatic rings. The van der Waals surface area contributed by atoms with Crippen molar-refractivity contribution in [1.29, 1.82) is 0 Å². The van der Waals surface area contributed by atoms with Gasteiger partial charge in [0.25, 0.3) is 0 Å². The van der Waals surface area contributed by atoms with Crippen LogP contribution in [0.3, 0.4) is 0 Å². The van der Waals surface area contributed by atoms with E-state index in [2.05, 4.69) is 16.0 Å². The number of hydrogen-bond acceptors (Lipinski definition) is 4. The lowest BCUT2D eigenvalue weighted by atomic mass is 10.2. The number of carbonyl (C=O) groups is 3. The molecule has 0 unspecified atom stereocenters. The summed E-state index contributed by atoms with van der Waals surface area (Å²) in [4.78, 5) is 37.6. The summed E-state index contributed by atoms with van der Waals surface area (Å²) in [5.41, 5.74) is 1.71. The van der Waals surface area contributed by atoms with Gasteiger partial charge in [0.15, 0.2) is 0 Å². The number of halogens is 1. The molecule has 0 spiro atoms. The predicted molar refractivity (Wildman–Crippen MR) is 111 cm³/mol. The normalized spacial score (nSPS) is 11.6. The maximum atomic E-state index is 13.0. The molecule has 0 aliphatic heterocycles. The number of nitrogens with one attached hydrogen (secondary N) is 3. The maximum Gasteiger partial charge on any atom is 0.241 e. The lowest BCUT2D eigenvalue weighted by molar-refractivity contribution is -0.123. The van der Waals surface area contributed by atoms with Gasteiger partial charge >= 0.3 is 0 Å². The molecule has 2 rings (SSSR count). The molecule has 0 radical (unpaired) electrons. The van der Waals surface area contributed by atoms with E-state index in [-0.39, 0.29) is 30.1 Å². The standard InChI is InChI=1S/C21H25FN4O3/c1-4-26(14(2)21(29)25-19-7-5-16(22)6-8-19)13-20(28)24-18-11-9-17(10-12-18)23-15(3)27/h5-12,14H,4,13H2,1-3H3,(H,23,27)(H,24,28)(H,25,29)/t14-/m1/s1. The van der Waals surface area contributed by atoms with Crippen LogP contribution in [0.25, 0.3) is 0 Å². The SMILES string of the molecule is CCN(CC(=O)Nc1ccc(NC(C)=O)cc1)[C@H](C)C(=O)Nc1ccc(F)cc1. The number of carbonyl (C=O) groups excluding carboxylic acids is 3. The molecule has 0 bridgehead atoms. The molecule has 154 valence electrons. The highest BCUT2D eigenvalue weighted by molar-refractivity contribution is 5.96. The Morgan fingerprint density at radius 2 is 1.38 bits per heavy atom. The summed E-state index contributed by atoms with van der Waals surface area (Å²) in [5, 5.41) is 8.14. The van der Waals surface area contributed by atoms with Crippen molar-refractivity contribution in [2.45, 2.75) is 26.8 Å². The third kappa shape index (κ3) is 7.00. The molecule has 3 N–H and O–H groups in total. The van der Waals surface area contributed by atoms with Gasteiger partial charge in [-0.05, 0) is 62.0 Å². The molecule has 0 heterocycles. The van der Waals surface area contributed by atoms with Crippen molar-refractivity contribution >= 4 is 34.8 Å². The highest BCUT2D eigenvalue weighted by Gasteiger charge is 2.22. The van der Waals surface area contributed by atoms with E-state index in [0.29, 0.717) is 23.6 Å². The molecule has 0 aliphatic carbocycles. The largest absolute Gasteiger partial charge is 0.326 e. The van der Waals surface area contributed by atoms with Gasteiger partial charge in [-0.25, -0.2) is 4.39 Å². The van der Waals surface area contributed by atoms with Crippen molar-refractivity contribution in [2.24, 2.45) is 0 Å². The summed E-state index contributed by atoms with van der Waals surface area (Å²) in [6.07, 6.45) is 0. The lowest BCUT2D eigenvalue weighted by Gasteiger charge is -2.26. The maximum absolute atomic E-state index is 13.0. The van der Waals surface area contributed by atoms with Crippen molar-refractivity contribution in [3.63, 3.8) is 0 Å². The summed E-state index contributed by atoms with van der Waals surface area (Å²) in [6.45, 7) is 5.51. The molecule has 3 amide bonds. The summed E-state index contributed by atoms with van der Waals surface area (Å²) >= 11 is 0. The van der Waals surface area contributed by atoms with Crippen molar-refractivity contribution in [3.8, 4) is 0 Å². The number of nitrogens with zero attached hydrogens (tertiary/aromatic N) is 1. The van der Waals surface area contributed by atoms with Crippen LogP contribution in [0, 0.1) is 5.82 Å². The van der Waals surface area contributed by atoms with Crippen LogP contribution >= 0.6 is 0 Å². The van der Waals surface area contributed by atoms with E-state index in [1.807, 2.05) is 6.92 Å². The number of amides is 3. The van der Waals surface area contributed by atoms with E-state index < -0.39 is 6.04 Å². The summed E-state index contributed by atoms with van der Waals surface area (Å²) in [6, 6.07) is 11.7. The molecule has 7 nitrogen and oxygen atoms in total. The second kappa shape index (κ2) is 10.3. The Balaban J connectivity index is 1.91. The lowest BCUT2D eigenvalue weighted by Crippen LogP contribution is -2.45. The minimum atomic E-state index is -0.557. The quantitative estimate of drug-likeness (QED) is 0.635. The molecule has 29 heavy (non-hydrogen) atoms. The van der Waals surface area contributed by atoms with Crippen LogP contribution in [-0.2, 0) is 14.4 Å². The van der Waals surface area contributed by atoms with Gasteiger partial charge in [-0.2, -0.15) is 0 Å². The predicted octanol–water partition coefficient (Wildman–Crippen LogP) is 3.07. The van der Waals surface area contributed by atoms with Gasteiger partial charge < -0.3 is 16.0 Å². The first-order chi connectivity index (χ1) is 13.8. The Bertz CT molecular complexity index is 853. The highest BCUT2D eigenvalue weighted by Crippen LogP contribution is 2.14. The first-order valence-electron chi connectivity index (χ1n) is 9.26. The fourth-order valence-electron chi connectivity index (χ4n) is 2.69. The Kier molecular flexibility index (Phi) is 7.85. The minimum absolute atomic E-state index is 0.0297. The number of benzene rings is 2. The molecular formula is C21H25FN4O3. The number of hydrogen-bond donors (Lipinski definition) is 3. The fraction of sp³-hybridized carbons (Fsp3) is 0.286. The monoisotopic (exact) mass is 400 g/mol. The van der Waals surface area contributed by atoms with E-state index in [1.54, 1.807) is 36.1 Å². The van der Waals surface area contributed by atoms with Crippen LogP contribution in [0.5, 0.6) is 0 Å². The molecule has 0 aliphatic rings. The molecule has 0 saturated carbocycles. The van der Waals surface area contributed by atoms with Crippen LogP contribution in [0.15, 0.2) is 48.5 Å². The third-order valence-electron chi connectivity index (χ3n) is 4.28. The van der Waals surface area contributed by atoms with Gasteiger partial charge in [-0.1, -0.05) is 6.92 Å². The van der Waals surface area contributed by atoms with E-state index in [0.717, 1.165) is 0 Å². The summed E-state index contributed by atoms with van der Waals surface area (Å²) in [5.74, 6) is -1.10. The van der Waals surface area contributed by atoms with Crippen LogP contribution in [0.4, 0.5) is 21.5 Å². The first-order valence-corrected chi connectivity index (χ1v) is 9.26. The average Bonchev–Trinajstić information content (AvgIpc) is 2.68. The van der Waals surface area contributed by atoms with Crippen LogP contribution in [-0.4, -0.2) is 41.8 Å². The van der Waals surface area contributed by atoms with Crippen molar-refractivity contribution in [3.05, 3.63) is 54.3 Å². The Labute approximate surface area is 169 Å². The molecule has 8 heteroatoms. The third-order valence-corrected chi connectivity index (χ3v) is 4.28. The number of rotatable bonds is 8. The second-order valence-corrected chi connectivity index (χ2v) is 6.54. The molecular weight excluding hydrogens is 375 g/mol.